The lowest BCUT2D eigenvalue weighted by atomic mass is 10.1. The molecule has 0 radical (unpaired) electrons. The summed E-state index contributed by atoms with van der Waals surface area (Å²) >= 11 is 0. The van der Waals surface area contributed by atoms with Crippen molar-refractivity contribution in [2.24, 2.45) is 0 Å². The molecule has 0 aliphatic heterocycles. The van der Waals surface area contributed by atoms with Crippen molar-refractivity contribution >= 4 is 24.0 Å². The van der Waals surface area contributed by atoms with E-state index in [9.17, 15) is 23.2 Å². The van der Waals surface area contributed by atoms with Crippen molar-refractivity contribution in [2.75, 3.05) is 20.3 Å². The molecule has 8 nitrogen and oxygen atoms in total. The van der Waals surface area contributed by atoms with Crippen LogP contribution in [0.25, 0.3) is 6.08 Å². The minimum Gasteiger partial charge on any atom is -0.493 e. The number of nitrogens with one attached hydrogen (secondary N) is 2. The molecule has 1 aromatic carbocycles. The van der Waals surface area contributed by atoms with E-state index in [4.69, 9.17) is 4.74 Å². The highest BCUT2D eigenvalue weighted by molar-refractivity contribution is 5.96. The number of amides is 3. The molecule has 1 aromatic rings. The number of alkyl halides is 2. The van der Waals surface area contributed by atoms with E-state index in [0.717, 1.165) is 6.08 Å². The molecule has 10 heteroatoms. The van der Waals surface area contributed by atoms with Gasteiger partial charge >= 0.3 is 18.6 Å². The largest absolute Gasteiger partial charge is 0.493 e. The van der Waals surface area contributed by atoms with Gasteiger partial charge < -0.3 is 19.5 Å². The number of hydrogen-bond acceptors (Lipinski definition) is 6. The highest BCUT2D eigenvalue weighted by Crippen LogP contribution is 2.33. The van der Waals surface area contributed by atoms with Gasteiger partial charge in [0.05, 0.1) is 7.11 Å². The smallest absolute Gasteiger partial charge is 0.387 e. The van der Waals surface area contributed by atoms with E-state index in [1.807, 2.05) is 5.32 Å². The number of hydrogen-bond donors (Lipinski definition) is 2. The summed E-state index contributed by atoms with van der Waals surface area (Å²) in [6.45, 7) is -1.77. The molecule has 0 aliphatic rings. The number of ether oxygens (including phenoxy) is 3. The molecule has 3 amide bonds. The number of halogens is 2. The first-order valence-corrected chi connectivity index (χ1v) is 7.41. The van der Waals surface area contributed by atoms with Crippen LogP contribution in [-0.4, -0.2) is 44.8 Å². The van der Waals surface area contributed by atoms with E-state index in [1.54, 1.807) is 6.92 Å². The van der Waals surface area contributed by atoms with Gasteiger partial charge in [0.25, 0.3) is 5.91 Å². The highest BCUT2D eigenvalue weighted by Gasteiger charge is 2.14. The van der Waals surface area contributed by atoms with Crippen LogP contribution >= 0.6 is 0 Å². The van der Waals surface area contributed by atoms with Crippen molar-refractivity contribution < 1.29 is 37.4 Å². The zero-order valence-electron chi connectivity index (χ0n) is 14.1. The standard InChI is InChI=1S/C16H18F2N2O6/c1-3-19-16(23)20-12(21)9-25-13(22)8-7-10-5-4-6-11(24-2)14(10)26-15(17)18/h4-8,15H,3,9H2,1-2H3,(H2,19,20,21,23)/b8-7+. The third-order valence-electron chi connectivity index (χ3n) is 2.77. The highest BCUT2D eigenvalue weighted by atomic mass is 19.3. The molecule has 0 atom stereocenters. The van der Waals surface area contributed by atoms with Crippen molar-refractivity contribution in [2.45, 2.75) is 13.5 Å². The fourth-order valence-electron chi connectivity index (χ4n) is 1.75. The van der Waals surface area contributed by atoms with Gasteiger partial charge in [-0.05, 0) is 19.1 Å². The van der Waals surface area contributed by atoms with Crippen molar-refractivity contribution in [1.29, 1.82) is 0 Å². The lowest BCUT2D eigenvalue weighted by Gasteiger charge is -2.12. The van der Waals surface area contributed by atoms with E-state index in [2.05, 4.69) is 14.8 Å². The molecular formula is C16H18F2N2O6. The topological polar surface area (TPSA) is 103 Å². The summed E-state index contributed by atoms with van der Waals surface area (Å²) in [6, 6.07) is 3.64. The average Bonchev–Trinajstić information content (AvgIpc) is 2.58. The molecular weight excluding hydrogens is 354 g/mol. The number of para-hydroxylation sites is 1. The van der Waals surface area contributed by atoms with Gasteiger partial charge in [-0.15, -0.1) is 0 Å². The molecule has 0 heterocycles. The molecule has 0 bridgehead atoms. The van der Waals surface area contributed by atoms with Crippen molar-refractivity contribution in [3.8, 4) is 11.5 Å². The number of imide groups is 1. The Morgan fingerprint density at radius 3 is 2.62 bits per heavy atom. The van der Waals surface area contributed by atoms with Gasteiger partial charge in [0.2, 0.25) is 0 Å². The van der Waals surface area contributed by atoms with Crippen LogP contribution in [-0.2, 0) is 14.3 Å². The zero-order chi connectivity index (χ0) is 19.5. The number of esters is 1. The summed E-state index contributed by atoms with van der Waals surface area (Å²) in [7, 11) is 1.28. The molecule has 0 fully saturated rings. The summed E-state index contributed by atoms with van der Waals surface area (Å²) in [5.74, 6) is -1.92. The normalized spacial score (nSPS) is 10.5. The number of carbonyl (C=O) groups excluding carboxylic acids is 3. The molecule has 0 saturated carbocycles. The second kappa shape index (κ2) is 10.6. The Hall–Kier alpha value is -3.17. The van der Waals surface area contributed by atoms with Gasteiger partial charge in [-0.1, -0.05) is 12.1 Å². The fourth-order valence-corrected chi connectivity index (χ4v) is 1.75. The second-order valence-corrected chi connectivity index (χ2v) is 4.61. The lowest BCUT2D eigenvalue weighted by molar-refractivity contribution is -0.143. The number of urea groups is 1. The van der Waals surface area contributed by atoms with Crippen LogP contribution < -0.4 is 20.1 Å². The van der Waals surface area contributed by atoms with E-state index < -0.39 is 31.1 Å². The number of carbonyl (C=O) groups is 3. The Bertz CT molecular complexity index is 679. The minimum atomic E-state index is -3.08. The Morgan fingerprint density at radius 2 is 2.00 bits per heavy atom. The minimum absolute atomic E-state index is 0.0575. The van der Waals surface area contributed by atoms with Gasteiger partial charge in [-0.3, -0.25) is 10.1 Å². The van der Waals surface area contributed by atoms with Crippen LogP contribution in [0.5, 0.6) is 11.5 Å². The summed E-state index contributed by atoms with van der Waals surface area (Å²) < 4.78 is 39.0. The van der Waals surface area contributed by atoms with E-state index >= 15 is 0 Å². The van der Waals surface area contributed by atoms with Crippen molar-refractivity contribution in [3.05, 3.63) is 29.8 Å². The zero-order valence-corrected chi connectivity index (χ0v) is 14.1. The number of rotatable bonds is 8. The van der Waals surface area contributed by atoms with Crippen LogP contribution in [0.15, 0.2) is 24.3 Å². The predicted octanol–water partition coefficient (Wildman–Crippen LogP) is 1.70. The van der Waals surface area contributed by atoms with Gasteiger partial charge in [0.15, 0.2) is 18.1 Å². The van der Waals surface area contributed by atoms with E-state index in [-0.39, 0.29) is 17.1 Å². The van der Waals surface area contributed by atoms with Gasteiger partial charge in [0, 0.05) is 18.2 Å². The maximum absolute atomic E-state index is 12.5. The summed E-state index contributed by atoms with van der Waals surface area (Å²) in [5, 5.41) is 4.28. The molecule has 26 heavy (non-hydrogen) atoms. The molecule has 1 rings (SSSR count). The van der Waals surface area contributed by atoms with Crippen molar-refractivity contribution in [3.63, 3.8) is 0 Å². The first kappa shape index (κ1) is 20.9. The lowest BCUT2D eigenvalue weighted by Crippen LogP contribution is -2.41. The number of methoxy groups -OCH3 is 1. The predicted molar refractivity (Wildman–Crippen MR) is 86.8 cm³/mol. The Balaban J connectivity index is 2.68. The molecule has 0 unspecified atom stereocenters. The molecule has 2 N–H and O–H groups in total. The van der Waals surface area contributed by atoms with Crippen LogP contribution in [0.2, 0.25) is 0 Å². The summed E-state index contributed by atoms with van der Waals surface area (Å²) in [6.07, 6.45) is 2.09. The van der Waals surface area contributed by atoms with Crippen LogP contribution in [0.1, 0.15) is 12.5 Å². The fraction of sp³-hybridized carbons (Fsp3) is 0.312. The maximum Gasteiger partial charge on any atom is 0.387 e. The molecule has 0 saturated heterocycles. The van der Waals surface area contributed by atoms with Crippen LogP contribution in [0.4, 0.5) is 13.6 Å². The van der Waals surface area contributed by atoms with E-state index in [0.29, 0.717) is 6.54 Å². The quantitative estimate of drug-likeness (QED) is 0.532. The molecule has 142 valence electrons. The molecule has 0 aromatic heterocycles. The van der Waals surface area contributed by atoms with Crippen LogP contribution in [0, 0.1) is 0 Å². The third kappa shape index (κ3) is 7.16. The average molecular weight is 372 g/mol. The van der Waals surface area contributed by atoms with Crippen LogP contribution in [0.3, 0.4) is 0 Å². The number of benzene rings is 1. The van der Waals surface area contributed by atoms with Gasteiger partial charge in [-0.2, -0.15) is 8.78 Å². The molecule has 0 aliphatic carbocycles. The second-order valence-electron chi connectivity index (χ2n) is 4.61. The maximum atomic E-state index is 12.5. The van der Waals surface area contributed by atoms with Gasteiger partial charge in [-0.25, -0.2) is 9.59 Å². The SMILES string of the molecule is CCNC(=O)NC(=O)COC(=O)/C=C/c1cccc(OC)c1OC(F)F. The first-order valence-electron chi connectivity index (χ1n) is 7.41. The first-order chi connectivity index (χ1) is 12.4. The van der Waals surface area contributed by atoms with Crippen molar-refractivity contribution in [1.82, 2.24) is 10.6 Å². The third-order valence-corrected chi connectivity index (χ3v) is 2.77. The van der Waals surface area contributed by atoms with E-state index in [1.165, 1.54) is 31.4 Å². The van der Waals surface area contributed by atoms with Gasteiger partial charge in [0.1, 0.15) is 0 Å². The Morgan fingerprint density at radius 1 is 1.27 bits per heavy atom. The summed E-state index contributed by atoms with van der Waals surface area (Å²) in [4.78, 5) is 34.1. The summed E-state index contributed by atoms with van der Waals surface area (Å²) in [5.41, 5.74) is 0.147. The monoisotopic (exact) mass is 372 g/mol. The molecule has 0 spiro atoms. The Kier molecular flexibility index (Phi) is 8.55. The Labute approximate surface area is 148 Å².